The number of nitrogens with zero attached hydrogens (tertiary/aromatic N) is 1. The number of aryl methyl sites for hydroxylation is 1. The van der Waals surface area contributed by atoms with Crippen LogP contribution in [-0.2, 0) is 21.2 Å². The van der Waals surface area contributed by atoms with Crippen LogP contribution >= 0.6 is 0 Å². The average molecular weight is 381 g/mol. The minimum absolute atomic E-state index is 0.0182. The lowest BCUT2D eigenvalue weighted by Gasteiger charge is -2.32. The fourth-order valence-corrected chi connectivity index (χ4v) is 4.73. The molecule has 146 valence electrons. The van der Waals surface area contributed by atoms with Crippen molar-refractivity contribution in [3.05, 3.63) is 35.9 Å². The summed E-state index contributed by atoms with van der Waals surface area (Å²) in [7, 11) is -3.31. The van der Waals surface area contributed by atoms with E-state index >= 15 is 0 Å². The van der Waals surface area contributed by atoms with E-state index in [0.29, 0.717) is 25.4 Å². The van der Waals surface area contributed by atoms with Gasteiger partial charge in [0, 0.05) is 19.1 Å². The summed E-state index contributed by atoms with van der Waals surface area (Å²) in [5, 5.41) is 3.03. The molecule has 2 atom stereocenters. The van der Waals surface area contributed by atoms with Crippen LogP contribution in [0.4, 0.5) is 0 Å². The van der Waals surface area contributed by atoms with E-state index < -0.39 is 10.0 Å². The summed E-state index contributed by atoms with van der Waals surface area (Å²) in [5.74, 6) is 0.239. The molecule has 1 heterocycles. The highest BCUT2D eigenvalue weighted by Crippen LogP contribution is 2.21. The molecule has 1 fully saturated rings. The number of benzene rings is 1. The van der Waals surface area contributed by atoms with E-state index in [1.807, 2.05) is 37.3 Å². The van der Waals surface area contributed by atoms with Crippen LogP contribution in [0.25, 0.3) is 0 Å². The normalized spacial score (nSPS) is 20.1. The van der Waals surface area contributed by atoms with E-state index in [2.05, 4.69) is 19.2 Å². The van der Waals surface area contributed by atoms with Crippen LogP contribution in [0.1, 0.15) is 45.6 Å². The van der Waals surface area contributed by atoms with Crippen molar-refractivity contribution in [1.29, 1.82) is 0 Å². The molecule has 1 N–H and O–H groups in total. The molecule has 0 radical (unpaired) electrons. The van der Waals surface area contributed by atoms with Gasteiger partial charge in [-0.25, -0.2) is 12.7 Å². The van der Waals surface area contributed by atoms with Crippen LogP contribution in [0, 0.1) is 11.8 Å². The Labute approximate surface area is 158 Å². The van der Waals surface area contributed by atoms with Gasteiger partial charge < -0.3 is 5.32 Å². The summed E-state index contributed by atoms with van der Waals surface area (Å²) in [4.78, 5) is 12.5. The first-order chi connectivity index (χ1) is 12.3. The second kappa shape index (κ2) is 9.51. The summed E-state index contributed by atoms with van der Waals surface area (Å²) in [6, 6.07) is 10.0. The Kier molecular flexibility index (Phi) is 7.65. The monoisotopic (exact) mass is 380 g/mol. The van der Waals surface area contributed by atoms with Gasteiger partial charge in [-0.3, -0.25) is 4.79 Å². The second-order valence-corrected chi connectivity index (χ2v) is 9.73. The maximum atomic E-state index is 12.7. The first-order valence-corrected chi connectivity index (χ1v) is 11.2. The van der Waals surface area contributed by atoms with Crippen LogP contribution < -0.4 is 5.32 Å². The summed E-state index contributed by atoms with van der Waals surface area (Å²) in [6.07, 6.45) is 2.85. The minimum Gasteiger partial charge on any atom is -0.353 e. The topological polar surface area (TPSA) is 66.5 Å². The van der Waals surface area contributed by atoms with Crippen molar-refractivity contribution < 1.29 is 13.2 Å². The summed E-state index contributed by atoms with van der Waals surface area (Å²) < 4.78 is 26.9. The zero-order valence-electron chi connectivity index (χ0n) is 16.1. The highest BCUT2D eigenvalue weighted by molar-refractivity contribution is 7.89. The van der Waals surface area contributed by atoms with Crippen molar-refractivity contribution in [3.8, 4) is 0 Å². The lowest BCUT2D eigenvalue weighted by atomic mass is 9.97. The van der Waals surface area contributed by atoms with E-state index in [0.717, 1.165) is 24.8 Å². The summed E-state index contributed by atoms with van der Waals surface area (Å²) in [6.45, 7) is 6.95. The van der Waals surface area contributed by atoms with Crippen LogP contribution in [0.15, 0.2) is 30.3 Å². The third-order valence-corrected chi connectivity index (χ3v) is 7.15. The molecule has 5 nitrogen and oxygen atoms in total. The van der Waals surface area contributed by atoms with Crippen molar-refractivity contribution in [2.45, 2.75) is 52.5 Å². The molecule has 1 aromatic carbocycles. The lowest BCUT2D eigenvalue weighted by Crippen LogP contribution is -2.48. The highest BCUT2D eigenvalue weighted by Gasteiger charge is 2.32. The maximum absolute atomic E-state index is 12.7. The Morgan fingerprint density at radius 3 is 2.58 bits per heavy atom. The van der Waals surface area contributed by atoms with E-state index in [9.17, 15) is 13.2 Å². The lowest BCUT2D eigenvalue weighted by molar-refractivity contribution is -0.127. The first kappa shape index (κ1) is 20.9. The van der Waals surface area contributed by atoms with Gasteiger partial charge in [0.1, 0.15) is 0 Å². The predicted octanol–water partition coefficient (Wildman–Crippen LogP) is 2.82. The van der Waals surface area contributed by atoms with Crippen molar-refractivity contribution in [3.63, 3.8) is 0 Å². The minimum atomic E-state index is -3.31. The molecule has 0 spiro atoms. The molecule has 0 aromatic heterocycles. The molecule has 1 aromatic rings. The van der Waals surface area contributed by atoms with Gasteiger partial charge in [-0.1, -0.05) is 44.2 Å². The number of piperidine rings is 1. The number of amides is 1. The number of carbonyl (C=O) groups excluding carboxylic acids is 1. The molecule has 0 bridgehead atoms. The number of hydrogen-bond donors (Lipinski definition) is 1. The standard InChI is InChI=1S/C20H32N2O3S/c1-16(2)17(3)21-20(23)19-12-7-13-22(15-19)26(24,25)14-8-11-18-9-5-4-6-10-18/h4-6,9-10,16-17,19H,7-8,11-15H2,1-3H3,(H,21,23). The molecular weight excluding hydrogens is 348 g/mol. The smallest absolute Gasteiger partial charge is 0.224 e. The SMILES string of the molecule is CC(C)C(C)NC(=O)C1CCCN(S(=O)(=O)CCCc2ccccc2)C1. The number of carbonyl (C=O) groups is 1. The third kappa shape index (κ3) is 6.09. The Morgan fingerprint density at radius 2 is 1.92 bits per heavy atom. The molecule has 1 aliphatic heterocycles. The van der Waals surface area contributed by atoms with Crippen molar-refractivity contribution in [2.75, 3.05) is 18.8 Å². The van der Waals surface area contributed by atoms with E-state index in [1.54, 1.807) is 0 Å². The van der Waals surface area contributed by atoms with Gasteiger partial charge in [-0.2, -0.15) is 0 Å². The molecule has 2 rings (SSSR count). The molecule has 1 saturated heterocycles. The van der Waals surface area contributed by atoms with Gasteiger partial charge in [0.25, 0.3) is 0 Å². The van der Waals surface area contributed by atoms with Crippen LogP contribution in [-0.4, -0.2) is 43.5 Å². The van der Waals surface area contributed by atoms with Gasteiger partial charge in [0.15, 0.2) is 0 Å². The van der Waals surface area contributed by atoms with Crippen LogP contribution in [0.2, 0.25) is 0 Å². The first-order valence-electron chi connectivity index (χ1n) is 9.61. The molecule has 0 aliphatic carbocycles. The molecule has 6 heteroatoms. The Hall–Kier alpha value is -1.40. The Bertz CT molecular complexity index is 674. The molecule has 2 unspecified atom stereocenters. The van der Waals surface area contributed by atoms with Gasteiger partial charge in [-0.05, 0) is 44.1 Å². The zero-order valence-corrected chi connectivity index (χ0v) is 17.0. The number of sulfonamides is 1. The van der Waals surface area contributed by atoms with Crippen molar-refractivity contribution >= 4 is 15.9 Å². The van der Waals surface area contributed by atoms with Crippen LogP contribution in [0.3, 0.4) is 0 Å². The van der Waals surface area contributed by atoms with Crippen molar-refractivity contribution in [2.24, 2.45) is 11.8 Å². The largest absolute Gasteiger partial charge is 0.353 e. The average Bonchev–Trinajstić information content (AvgIpc) is 2.62. The number of nitrogens with one attached hydrogen (secondary N) is 1. The summed E-state index contributed by atoms with van der Waals surface area (Å²) in [5.41, 5.74) is 1.15. The number of rotatable bonds is 8. The summed E-state index contributed by atoms with van der Waals surface area (Å²) >= 11 is 0. The third-order valence-electron chi connectivity index (χ3n) is 5.23. The Balaban J connectivity index is 1.87. The predicted molar refractivity (Wildman–Crippen MR) is 105 cm³/mol. The molecule has 0 saturated carbocycles. The van der Waals surface area contributed by atoms with Gasteiger partial charge in [0.05, 0.1) is 11.7 Å². The zero-order chi connectivity index (χ0) is 19.2. The Morgan fingerprint density at radius 1 is 1.23 bits per heavy atom. The fourth-order valence-electron chi connectivity index (χ4n) is 3.15. The quantitative estimate of drug-likeness (QED) is 0.754. The van der Waals surface area contributed by atoms with E-state index in [1.165, 1.54) is 4.31 Å². The van der Waals surface area contributed by atoms with Crippen molar-refractivity contribution in [1.82, 2.24) is 9.62 Å². The second-order valence-electron chi connectivity index (χ2n) is 7.64. The van der Waals surface area contributed by atoms with Crippen LogP contribution in [0.5, 0.6) is 0 Å². The highest BCUT2D eigenvalue weighted by atomic mass is 32.2. The maximum Gasteiger partial charge on any atom is 0.224 e. The van der Waals surface area contributed by atoms with E-state index in [4.69, 9.17) is 0 Å². The molecule has 1 aliphatic rings. The molecule has 26 heavy (non-hydrogen) atoms. The van der Waals surface area contributed by atoms with Gasteiger partial charge in [0.2, 0.25) is 15.9 Å². The molecule has 1 amide bonds. The van der Waals surface area contributed by atoms with E-state index in [-0.39, 0.29) is 23.6 Å². The van der Waals surface area contributed by atoms with Gasteiger partial charge >= 0.3 is 0 Å². The van der Waals surface area contributed by atoms with Gasteiger partial charge in [-0.15, -0.1) is 0 Å². The number of hydrogen-bond acceptors (Lipinski definition) is 3. The fraction of sp³-hybridized carbons (Fsp3) is 0.650. The molecular formula is C20H32N2O3S.